The number of hydrogen-bond donors (Lipinski definition) is 1. The van der Waals surface area contributed by atoms with Crippen LogP contribution < -0.4 is 4.74 Å². The van der Waals surface area contributed by atoms with Gasteiger partial charge >= 0.3 is 0 Å². The summed E-state index contributed by atoms with van der Waals surface area (Å²) in [6.45, 7) is 8.40. The molecule has 0 aromatic heterocycles. The normalized spacial score (nSPS) is 28.1. The Labute approximate surface area is 128 Å². The summed E-state index contributed by atoms with van der Waals surface area (Å²) in [5, 5.41) is 11.2. The highest BCUT2D eigenvalue weighted by molar-refractivity contribution is 5.29. The summed E-state index contributed by atoms with van der Waals surface area (Å²) in [5.74, 6) is 1.12. The number of benzene rings is 1. The van der Waals surface area contributed by atoms with E-state index in [0.29, 0.717) is 6.42 Å². The van der Waals surface area contributed by atoms with Crippen molar-refractivity contribution < 1.29 is 9.84 Å². The summed E-state index contributed by atoms with van der Waals surface area (Å²) < 4.78 is 5.32. The second kappa shape index (κ2) is 6.23. The van der Waals surface area contributed by atoms with E-state index >= 15 is 0 Å². The summed E-state index contributed by atoms with van der Waals surface area (Å²) in [7, 11) is 1.69. The molecule has 116 valence electrons. The highest BCUT2D eigenvalue weighted by Crippen LogP contribution is 2.49. The Morgan fingerprint density at radius 3 is 2.81 bits per heavy atom. The van der Waals surface area contributed by atoms with E-state index < -0.39 is 5.60 Å². The smallest absolute Gasteiger partial charge is 0.119 e. The molecule has 1 aliphatic carbocycles. The average Bonchev–Trinajstić information content (AvgIpc) is 2.43. The van der Waals surface area contributed by atoms with E-state index in [1.54, 1.807) is 7.11 Å². The Kier molecular flexibility index (Phi) is 4.77. The molecule has 1 aromatic rings. The summed E-state index contributed by atoms with van der Waals surface area (Å²) in [6.07, 6.45) is 6.55. The molecule has 1 aliphatic rings. The molecule has 0 saturated heterocycles. The van der Waals surface area contributed by atoms with E-state index in [9.17, 15) is 5.11 Å². The molecule has 0 amide bonds. The van der Waals surface area contributed by atoms with Crippen molar-refractivity contribution in [1.82, 2.24) is 0 Å². The molecule has 0 radical (unpaired) electrons. The van der Waals surface area contributed by atoms with Gasteiger partial charge in [-0.3, -0.25) is 0 Å². The largest absolute Gasteiger partial charge is 0.497 e. The number of methoxy groups -OCH3 is 1. The van der Waals surface area contributed by atoms with Crippen LogP contribution in [0.5, 0.6) is 5.75 Å². The highest BCUT2D eigenvalue weighted by atomic mass is 16.5. The van der Waals surface area contributed by atoms with Crippen LogP contribution in [0.1, 0.15) is 45.1 Å². The molecular formula is C19H28O2. The fourth-order valence-electron chi connectivity index (χ4n) is 3.92. The molecule has 0 heterocycles. The Morgan fingerprint density at radius 2 is 2.14 bits per heavy atom. The van der Waals surface area contributed by atoms with Crippen LogP contribution in [0.25, 0.3) is 0 Å². The van der Waals surface area contributed by atoms with Gasteiger partial charge in [0.2, 0.25) is 0 Å². The Bertz CT molecular complexity index is 492. The summed E-state index contributed by atoms with van der Waals surface area (Å²) >= 11 is 0. The van der Waals surface area contributed by atoms with Gasteiger partial charge in [-0.15, -0.1) is 6.58 Å². The van der Waals surface area contributed by atoms with Crippen molar-refractivity contribution in [2.75, 3.05) is 7.11 Å². The van der Waals surface area contributed by atoms with Gasteiger partial charge in [0.15, 0.2) is 0 Å². The van der Waals surface area contributed by atoms with Gasteiger partial charge < -0.3 is 9.84 Å². The summed E-state index contributed by atoms with van der Waals surface area (Å²) in [4.78, 5) is 0. The second-order valence-corrected chi connectivity index (χ2v) is 7.05. The predicted octanol–water partition coefficient (Wildman–Crippen LogP) is 4.37. The fourth-order valence-corrected chi connectivity index (χ4v) is 3.92. The van der Waals surface area contributed by atoms with Gasteiger partial charge in [-0.25, -0.2) is 0 Å². The molecule has 2 atom stereocenters. The lowest BCUT2D eigenvalue weighted by Gasteiger charge is -2.49. The maximum atomic E-state index is 11.2. The van der Waals surface area contributed by atoms with E-state index in [0.717, 1.165) is 25.0 Å². The van der Waals surface area contributed by atoms with E-state index in [2.05, 4.69) is 32.6 Å². The van der Waals surface area contributed by atoms with Crippen molar-refractivity contribution in [3.8, 4) is 5.75 Å². The molecule has 21 heavy (non-hydrogen) atoms. The van der Waals surface area contributed by atoms with E-state index in [-0.39, 0.29) is 11.3 Å². The third-order valence-electron chi connectivity index (χ3n) is 5.09. The molecule has 2 rings (SSSR count). The van der Waals surface area contributed by atoms with Crippen LogP contribution in [0, 0.1) is 11.3 Å². The fraction of sp³-hybridized carbons (Fsp3) is 0.579. The molecule has 0 aliphatic heterocycles. The van der Waals surface area contributed by atoms with Gasteiger partial charge in [-0.2, -0.15) is 0 Å². The van der Waals surface area contributed by atoms with Gasteiger partial charge in [0.05, 0.1) is 12.7 Å². The average molecular weight is 288 g/mol. The van der Waals surface area contributed by atoms with E-state index in [1.807, 2.05) is 18.2 Å². The minimum absolute atomic E-state index is 0.138. The van der Waals surface area contributed by atoms with Crippen molar-refractivity contribution in [2.24, 2.45) is 11.3 Å². The first-order chi connectivity index (χ1) is 9.91. The number of hydrogen-bond acceptors (Lipinski definition) is 2. The van der Waals surface area contributed by atoms with Crippen LogP contribution >= 0.6 is 0 Å². The molecule has 1 aromatic carbocycles. The van der Waals surface area contributed by atoms with Crippen LogP contribution in [-0.2, 0) is 6.42 Å². The van der Waals surface area contributed by atoms with Gasteiger partial charge in [0.25, 0.3) is 0 Å². The third kappa shape index (κ3) is 3.49. The monoisotopic (exact) mass is 288 g/mol. The van der Waals surface area contributed by atoms with Crippen LogP contribution in [-0.4, -0.2) is 17.8 Å². The lowest BCUT2D eigenvalue weighted by molar-refractivity contribution is -0.0995. The molecule has 0 spiro atoms. The maximum Gasteiger partial charge on any atom is 0.119 e. The molecule has 2 nitrogen and oxygen atoms in total. The first-order valence-corrected chi connectivity index (χ1v) is 7.87. The SMILES string of the molecule is C=CC[C@@]1(O)CCCC(C)(C)[C@@H]1Cc1cccc(OC)c1. The van der Waals surface area contributed by atoms with Crippen molar-refractivity contribution in [3.63, 3.8) is 0 Å². The molecule has 1 N–H and O–H groups in total. The zero-order chi connectivity index (χ0) is 15.5. The molecular weight excluding hydrogens is 260 g/mol. The maximum absolute atomic E-state index is 11.2. The molecule has 0 bridgehead atoms. The number of aliphatic hydroxyl groups is 1. The van der Waals surface area contributed by atoms with Crippen LogP contribution in [0.3, 0.4) is 0 Å². The lowest BCUT2D eigenvalue weighted by Crippen LogP contribution is -2.49. The molecule has 0 unspecified atom stereocenters. The molecule has 1 saturated carbocycles. The quantitative estimate of drug-likeness (QED) is 0.815. The Balaban J connectivity index is 2.28. The summed E-state index contributed by atoms with van der Waals surface area (Å²) in [5.41, 5.74) is 0.739. The Hall–Kier alpha value is -1.28. The third-order valence-corrected chi connectivity index (χ3v) is 5.09. The lowest BCUT2D eigenvalue weighted by atomic mass is 9.58. The first-order valence-electron chi connectivity index (χ1n) is 7.87. The van der Waals surface area contributed by atoms with Gasteiger partial charge in [0.1, 0.15) is 5.75 Å². The summed E-state index contributed by atoms with van der Waals surface area (Å²) in [6, 6.07) is 8.20. The van der Waals surface area contributed by atoms with Gasteiger partial charge in [-0.1, -0.05) is 38.5 Å². The van der Waals surface area contributed by atoms with Crippen molar-refractivity contribution >= 4 is 0 Å². The Morgan fingerprint density at radius 1 is 1.38 bits per heavy atom. The standard InChI is InChI=1S/C19H28O2/c1-5-10-19(20)12-7-11-18(2,3)17(19)14-15-8-6-9-16(13-15)21-4/h5-6,8-9,13,17,20H,1,7,10-12,14H2,2-4H3/t17-,19+/m0/s1. The zero-order valence-electron chi connectivity index (χ0n) is 13.6. The first kappa shape index (κ1) is 16.1. The predicted molar refractivity (Wildman–Crippen MR) is 87.6 cm³/mol. The van der Waals surface area contributed by atoms with Gasteiger partial charge in [-0.05, 0) is 54.7 Å². The number of ether oxygens (including phenoxy) is 1. The van der Waals surface area contributed by atoms with Crippen LogP contribution in [0.2, 0.25) is 0 Å². The molecule has 2 heteroatoms. The van der Waals surface area contributed by atoms with Crippen LogP contribution in [0.4, 0.5) is 0 Å². The second-order valence-electron chi connectivity index (χ2n) is 7.05. The van der Waals surface area contributed by atoms with Gasteiger partial charge in [0, 0.05) is 0 Å². The van der Waals surface area contributed by atoms with Crippen molar-refractivity contribution in [1.29, 1.82) is 0 Å². The van der Waals surface area contributed by atoms with E-state index in [4.69, 9.17) is 4.74 Å². The minimum atomic E-state index is -0.632. The topological polar surface area (TPSA) is 29.5 Å². The van der Waals surface area contributed by atoms with Crippen molar-refractivity contribution in [2.45, 2.75) is 51.6 Å². The van der Waals surface area contributed by atoms with Crippen LogP contribution in [0.15, 0.2) is 36.9 Å². The molecule has 1 fully saturated rings. The highest BCUT2D eigenvalue weighted by Gasteiger charge is 2.47. The minimum Gasteiger partial charge on any atom is -0.497 e. The van der Waals surface area contributed by atoms with Crippen molar-refractivity contribution in [3.05, 3.63) is 42.5 Å². The number of rotatable bonds is 5. The van der Waals surface area contributed by atoms with E-state index in [1.165, 1.54) is 12.0 Å². The zero-order valence-corrected chi connectivity index (χ0v) is 13.6.